The summed E-state index contributed by atoms with van der Waals surface area (Å²) in [7, 11) is 0. The Morgan fingerprint density at radius 1 is 1.15 bits per heavy atom. The largest absolute Gasteiger partial charge is 0.346 e. The van der Waals surface area contributed by atoms with Crippen LogP contribution in [0.5, 0.6) is 0 Å². The van der Waals surface area contributed by atoms with E-state index in [1.54, 1.807) is 12.1 Å². The van der Waals surface area contributed by atoms with E-state index in [9.17, 15) is 8.78 Å². The highest BCUT2D eigenvalue weighted by Crippen LogP contribution is 2.38. The second-order valence-corrected chi connectivity index (χ2v) is 6.72. The van der Waals surface area contributed by atoms with E-state index in [1.807, 2.05) is 30.9 Å². The molecule has 1 unspecified atom stereocenters. The van der Waals surface area contributed by atoms with Crippen LogP contribution in [0.15, 0.2) is 28.8 Å². The maximum atomic E-state index is 13.3. The molecule has 1 saturated heterocycles. The number of anilines is 1. The monoisotopic (exact) mass is 359 g/mol. The van der Waals surface area contributed by atoms with Crippen molar-refractivity contribution in [2.24, 2.45) is 0 Å². The van der Waals surface area contributed by atoms with Gasteiger partial charge in [0.05, 0.1) is 11.6 Å². The fourth-order valence-electron chi connectivity index (χ4n) is 3.30. The van der Waals surface area contributed by atoms with Crippen LogP contribution in [-0.2, 0) is 0 Å². The molecule has 1 aliphatic rings. The van der Waals surface area contributed by atoms with E-state index in [0.29, 0.717) is 29.6 Å². The van der Waals surface area contributed by atoms with Crippen LogP contribution in [0.1, 0.15) is 62.6 Å². The van der Waals surface area contributed by atoms with Crippen LogP contribution in [0.2, 0.25) is 0 Å². The quantitative estimate of drug-likeness (QED) is 0.687. The Hall–Kier alpha value is -2.64. The summed E-state index contributed by atoms with van der Waals surface area (Å²) >= 11 is 0. The highest BCUT2D eigenvalue weighted by atomic mass is 19.3. The molecule has 3 aromatic rings. The Balaban J connectivity index is 1.80. The summed E-state index contributed by atoms with van der Waals surface area (Å²) in [5.41, 5.74) is 0.509. The van der Waals surface area contributed by atoms with Crippen LogP contribution < -0.4 is 4.90 Å². The highest BCUT2D eigenvalue weighted by molar-refractivity contribution is 5.89. The van der Waals surface area contributed by atoms with E-state index in [-0.39, 0.29) is 12.0 Å². The zero-order chi connectivity index (χ0) is 18.3. The molecule has 3 heterocycles. The molecule has 0 aliphatic carbocycles. The van der Waals surface area contributed by atoms with E-state index in [4.69, 9.17) is 4.52 Å². The van der Waals surface area contributed by atoms with Crippen LogP contribution in [0.25, 0.3) is 10.9 Å². The number of hydrogen-bond donors (Lipinski definition) is 0. The molecule has 0 spiro atoms. The van der Waals surface area contributed by atoms with Gasteiger partial charge in [0.15, 0.2) is 11.6 Å². The standard InChI is InChI=1S/C18H19F2N5O/c1-10(2)18-23-15(24-26-18)13-8-5-9-25(13)17-11-6-3-4-7-12(11)21-16(22-17)14(19)20/h3-4,6-7,10,13-14H,5,8-9H2,1-2H3. The highest BCUT2D eigenvalue weighted by Gasteiger charge is 2.33. The zero-order valence-corrected chi connectivity index (χ0v) is 14.6. The summed E-state index contributed by atoms with van der Waals surface area (Å²) in [6.45, 7) is 4.66. The molecule has 0 N–H and O–H groups in total. The number of para-hydroxylation sites is 1. The Morgan fingerprint density at radius 3 is 2.69 bits per heavy atom. The van der Waals surface area contributed by atoms with Crippen molar-refractivity contribution in [2.45, 2.75) is 45.1 Å². The Bertz CT molecular complexity index is 927. The van der Waals surface area contributed by atoms with Crippen molar-refractivity contribution >= 4 is 16.7 Å². The van der Waals surface area contributed by atoms with Crippen LogP contribution in [0.3, 0.4) is 0 Å². The summed E-state index contributed by atoms with van der Waals surface area (Å²) in [6.07, 6.45) is -1.00. The van der Waals surface area contributed by atoms with E-state index in [2.05, 4.69) is 20.1 Å². The average molecular weight is 359 g/mol. The topological polar surface area (TPSA) is 67.9 Å². The number of alkyl halides is 2. The molecule has 8 heteroatoms. The lowest BCUT2D eigenvalue weighted by atomic mass is 10.1. The van der Waals surface area contributed by atoms with Gasteiger partial charge < -0.3 is 9.42 Å². The van der Waals surface area contributed by atoms with Gasteiger partial charge in [-0.2, -0.15) is 4.98 Å². The van der Waals surface area contributed by atoms with E-state index in [1.165, 1.54) is 0 Å². The molecule has 0 saturated carbocycles. The first-order valence-electron chi connectivity index (χ1n) is 8.69. The van der Waals surface area contributed by atoms with Gasteiger partial charge in [-0.25, -0.2) is 18.7 Å². The van der Waals surface area contributed by atoms with Crippen molar-refractivity contribution < 1.29 is 13.3 Å². The lowest BCUT2D eigenvalue weighted by molar-refractivity contribution is 0.141. The molecule has 0 bridgehead atoms. The van der Waals surface area contributed by atoms with Gasteiger partial charge in [-0.1, -0.05) is 31.1 Å². The van der Waals surface area contributed by atoms with Crippen molar-refractivity contribution in [2.75, 3.05) is 11.4 Å². The normalized spacial score (nSPS) is 17.8. The molecule has 136 valence electrons. The molecule has 1 fully saturated rings. The third-order valence-corrected chi connectivity index (χ3v) is 4.57. The minimum Gasteiger partial charge on any atom is -0.346 e. The van der Waals surface area contributed by atoms with Crippen molar-refractivity contribution in [3.63, 3.8) is 0 Å². The summed E-state index contributed by atoms with van der Waals surface area (Å²) in [5.74, 6) is 1.33. The van der Waals surface area contributed by atoms with E-state index >= 15 is 0 Å². The fraction of sp³-hybridized carbons (Fsp3) is 0.444. The van der Waals surface area contributed by atoms with Gasteiger partial charge in [-0.15, -0.1) is 0 Å². The maximum Gasteiger partial charge on any atom is 0.297 e. The molecule has 0 radical (unpaired) electrons. The van der Waals surface area contributed by atoms with Gasteiger partial charge >= 0.3 is 0 Å². The Kier molecular flexibility index (Phi) is 4.26. The number of halogens is 2. The molecule has 0 amide bonds. The summed E-state index contributed by atoms with van der Waals surface area (Å²) in [6, 6.07) is 7.07. The van der Waals surface area contributed by atoms with Crippen molar-refractivity contribution in [1.82, 2.24) is 20.1 Å². The Labute approximate surface area is 149 Å². The molecule has 2 aromatic heterocycles. The number of nitrogens with zero attached hydrogens (tertiary/aromatic N) is 5. The van der Waals surface area contributed by atoms with Gasteiger partial charge in [0.1, 0.15) is 5.82 Å². The molecular formula is C18H19F2N5O. The lowest BCUT2D eigenvalue weighted by Gasteiger charge is -2.25. The minimum atomic E-state index is -2.72. The first-order chi connectivity index (χ1) is 12.5. The second kappa shape index (κ2) is 6.59. The molecular weight excluding hydrogens is 340 g/mol. The minimum absolute atomic E-state index is 0.136. The van der Waals surface area contributed by atoms with E-state index in [0.717, 1.165) is 18.2 Å². The van der Waals surface area contributed by atoms with Crippen LogP contribution in [0, 0.1) is 0 Å². The third-order valence-electron chi connectivity index (χ3n) is 4.57. The predicted molar refractivity (Wildman–Crippen MR) is 92.2 cm³/mol. The lowest BCUT2D eigenvalue weighted by Crippen LogP contribution is -2.25. The van der Waals surface area contributed by atoms with Crippen LogP contribution in [0.4, 0.5) is 14.6 Å². The molecule has 26 heavy (non-hydrogen) atoms. The summed E-state index contributed by atoms with van der Waals surface area (Å²) < 4.78 is 31.9. The third kappa shape index (κ3) is 2.89. The fourth-order valence-corrected chi connectivity index (χ4v) is 3.30. The number of fused-ring (bicyclic) bond motifs is 1. The summed E-state index contributed by atoms with van der Waals surface area (Å²) in [5, 5.41) is 4.86. The predicted octanol–water partition coefficient (Wildman–Crippen LogP) is 4.42. The number of rotatable bonds is 4. The molecule has 4 rings (SSSR count). The van der Waals surface area contributed by atoms with Crippen LogP contribution >= 0.6 is 0 Å². The van der Waals surface area contributed by atoms with Crippen molar-refractivity contribution in [1.29, 1.82) is 0 Å². The van der Waals surface area contributed by atoms with Crippen LogP contribution in [-0.4, -0.2) is 26.7 Å². The van der Waals surface area contributed by atoms with Gasteiger partial charge in [0.25, 0.3) is 6.43 Å². The van der Waals surface area contributed by atoms with E-state index < -0.39 is 12.2 Å². The van der Waals surface area contributed by atoms with Gasteiger partial charge in [-0.05, 0) is 25.0 Å². The number of hydrogen-bond acceptors (Lipinski definition) is 6. The number of aromatic nitrogens is 4. The maximum absolute atomic E-state index is 13.3. The molecule has 1 aliphatic heterocycles. The first-order valence-corrected chi connectivity index (χ1v) is 8.69. The molecule has 1 atom stereocenters. The summed E-state index contributed by atoms with van der Waals surface area (Å²) in [4.78, 5) is 14.7. The van der Waals surface area contributed by atoms with Gasteiger partial charge in [0.2, 0.25) is 5.89 Å². The number of benzene rings is 1. The first kappa shape index (κ1) is 16.8. The molecule has 1 aromatic carbocycles. The average Bonchev–Trinajstić information content (AvgIpc) is 3.29. The SMILES string of the molecule is CC(C)c1nc(C2CCCN2c2nc(C(F)F)nc3ccccc23)no1. The van der Waals surface area contributed by atoms with Gasteiger partial charge in [-0.3, -0.25) is 0 Å². The second-order valence-electron chi connectivity index (χ2n) is 6.72. The Morgan fingerprint density at radius 2 is 1.96 bits per heavy atom. The smallest absolute Gasteiger partial charge is 0.297 e. The van der Waals surface area contributed by atoms with Crippen molar-refractivity contribution in [3.8, 4) is 0 Å². The molecule has 6 nitrogen and oxygen atoms in total. The zero-order valence-electron chi connectivity index (χ0n) is 14.6. The van der Waals surface area contributed by atoms with Crippen molar-refractivity contribution in [3.05, 3.63) is 41.8 Å². The van der Waals surface area contributed by atoms with Gasteiger partial charge in [0, 0.05) is 17.8 Å².